The summed E-state index contributed by atoms with van der Waals surface area (Å²) in [6.45, 7) is 8.43. The molecule has 0 radical (unpaired) electrons. The van der Waals surface area contributed by atoms with Crippen molar-refractivity contribution < 1.29 is 19.3 Å². The lowest BCUT2D eigenvalue weighted by atomic mass is 10.2. The van der Waals surface area contributed by atoms with Crippen LogP contribution in [0.4, 0.5) is 0 Å². The molecule has 12 heavy (non-hydrogen) atoms. The summed E-state index contributed by atoms with van der Waals surface area (Å²) in [4.78, 5) is 20.1. The summed E-state index contributed by atoms with van der Waals surface area (Å²) >= 11 is 0. The molecule has 0 aromatic heterocycles. The molecule has 0 saturated carbocycles. The molecule has 0 aliphatic heterocycles. The van der Waals surface area contributed by atoms with Crippen molar-refractivity contribution in [1.82, 2.24) is 0 Å². The van der Waals surface area contributed by atoms with E-state index in [9.17, 15) is 4.79 Å². The molecule has 0 spiro atoms. The van der Waals surface area contributed by atoms with E-state index in [4.69, 9.17) is 9.78 Å². The minimum atomic E-state index is -0.665. The summed E-state index contributed by atoms with van der Waals surface area (Å²) in [5.41, 5.74) is -0.394. The van der Waals surface area contributed by atoms with Crippen LogP contribution in [-0.2, 0) is 19.3 Å². The van der Waals surface area contributed by atoms with E-state index in [0.29, 0.717) is 0 Å². The predicted octanol–water partition coefficient (Wildman–Crippen LogP) is 1.64. The van der Waals surface area contributed by atoms with Gasteiger partial charge in [-0.05, 0) is 20.8 Å². The van der Waals surface area contributed by atoms with Gasteiger partial charge in [-0.15, -0.1) is 0 Å². The largest absolute Gasteiger partial charge is 0.433 e. The van der Waals surface area contributed by atoms with Gasteiger partial charge in [-0.3, -0.25) is 4.79 Å². The van der Waals surface area contributed by atoms with Gasteiger partial charge in [0.1, 0.15) is 0 Å². The van der Waals surface area contributed by atoms with Crippen molar-refractivity contribution in [3.05, 3.63) is 0 Å². The van der Waals surface area contributed by atoms with Gasteiger partial charge in [0.25, 0.3) is 0 Å². The topological polar surface area (TPSA) is 44.8 Å². The highest BCUT2D eigenvalue weighted by Gasteiger charge is 2.15. The van der Waals surface area contributed by atoms with Crippen LogP contribution in [0.5, 0.6) is 0 Å². The van der Waals surface area contributed by atoms with Crippen LogP contribution in [-0.4, -0.2) is 17.9 Å². The number of ether oxygens (including phenoxy) is 1. The molecule has 0 amide bonds. The lowest BCUT2D eigenvalue weighted by Gasteiger charge is -2.20. The Labute approximate surface area is 72.7 Å². The monoisotopic (exact) mass is 176 g/mol. The van der Waals surface area contributed by atoms with Gasteiger partial charge in [0.15, 0.2) is 0 Å². The van der Waals surface area contributed by atoms with E-state index in [1.165, 1.54) is 6.92 Å². The zero-order valence-electron chi connectivity index (χ0n) is 8.21. The van der Waals surface area contributed by atoms with Crippen LogP contribution < -0.4 is 0 Å². The van der Waals surface area contributed by atoms with Crippen LogP contribution in [0.1, 0.15) is 34.6 Å². The molecule has 1 atom stereocenters. The van der Waals surface area contributed by atoms with Crippen molar-refractivity contribution >= 4 is 5.97 Å². The van der Waals surface area contributed by atoms with Gasteiger partial charge in [0.2, 0.25) is 6.29 Å². The van der Waals surface area contributed by atoms with Crippen molar-refractivity contribution in [2.75, 3.05) is 0 Å². The van der Waals surface area contributed by atoms with Gasteiger partial charge < -0.3 is 4.74 Å². The Hall–Kier alpha value is -0.610. The third kappa shape index (κ3) is 7.50. The Kier molecular flexibility index (Phi) is 4.20. The summed E-state index contributed by atoms with van der Waals surface area (Å²) in [5, 5.41) is 0. The summed E-state index contributed by atoms with van der Waals surface area (Å²) in [7, 11) is 0. The summed E-state index contributed by atoms with van der Waals surface area (Å²) < 4.78 is 4.66. The molecule has 1 unspecified atom stereocenters. The lowest BCUT2D eigenvalue weighted by Crippen LogP contribution is -2.25. The Balaban J connectivity index is 3.57. The molecule has 4 nitrogen and oxygen atoms in total. The number of hydrogen-bond acceptors (Lipinski definition) is 4. The van der Waals surface area contributed by atoms with Crippen molar-refractivity contribution in [3.8, 4) is 0 Å². The van der Waals surface area contributed by atoms with Gasteiger partial charge in [-0.25, -0.2) is 4.89 Å². The van der Waals surface area contributed by atoms with Crippen LogP contribution in [0.15, 0.2) is 0 Å². The van der Waals surface area contributed by atoms with Crippen LogP contribution in [0, 0.1) is 0 Å². The van der Waals surface area contributed by atoms with Crippen molar-refractivity contribution in [2.45, 2.75) is 46.5 Å². The molecular formula is C8H16O4. The first kappa shape index (κ1) is 11.4. The molecule has 0 rings (SSSR count). The second kappa shape index (κ2) is 4.42. The second-order valence-electron chi connectivity index (χ2n) is 3.47. The Morgan fingerprint density at radius 1 is 1.33 bits per heavy atom. The van der Waals surface area contributed by atoms with Crippen LogP contribution >= 0.6 is 0 Å². The zero-order valence-corrected chi connectivity index (χ0v) is 8.21. The fourth-order valence-corrected chi connectivity index (χ4v) is 0.465. The van der Waals surface area contributed by atoms with Gasteiger partial charge >= 0.3 is 5.97 Å². The molecule has 0 heterocycles. The number of esters is 1. The molecule has 72 valence electrons. The standard InChI is InChI=1S/C8H16O4/c1-6(9)10-7(2)11-12-8(3,4)5/h7H,1-5H3. The van der Waals surface area contributed by atoms with Crippen molar-refractivity contribution in [2.24, 2.45) is 0 Å². The molecule has 0 aromatic rings. The summed E-state index contributed by atoms with van der Waals surface area (Å²) in [6, 6.07) is 0. The molecule has 4 heteroatoms. The second-order valence-corrected chi connectivity index (χ2v) is 3.47. The molecular weight excluding hydrogens is 160 g/mol. The molecule has 0 bridgehead atoms. The van der Waals surface area contributed by atoms with E-state index in [1.54, 1.807) is 6.92 Å². The maximum atomic E-state index is 10.4. The zero-order chi connectivity index (χ0) is 9.78. The Bertz CT molecular complexity index is 148. The van der Waals surface area contributed by atoms with Crippen LogP contribution in [0.2, 0.25) is 0 Å². The van der Waals surface area contributed by atoms with Gasteiger partial charge in [-0.2, -0.15) is 4.89 Å². The molecule has 0 aliphatic carbocycles. The highest BCUT2D eigenvalue weighted by atomic mass is 17.2. The van der Waals surface area contributed by atoms with Crippen LogP contribution in [0.3, 0.4) is 0 Å². The Morgan fingerprint density at radius 2 is 1.83 bits per heavy atom. The first-order valence-electron chi connectivity index (χ1n) is 3.83. The molecule has 0 N–H and O–H groups in total. The normalized spacial score (nSPS) is 14.1. The van der Waals surface area contributed by atoms with Crippen LogP contribution in [0.25, 0.3) is 0 Å². The SMILES string of the molecule is CC(=O)OC(C)OOC(C)(C)C. The van der Waals surface area contributed by atoms with Crippen molar-refractivity contribution in [1.29, 1.82) is 0 Å². The van der Waals surface area contributed by atoms with E-state index < -0.39 is 11.9 Å². The highest BCUT2D eigenvalue weighted by molar-refractivity contribution is 5.65. The van der Waals surface area contributed by atoms with Gasteiger partial charge in [0, 0.05) is 13.8 Å². The molecule has 0 aliphatic rings. The predicted molar refractivity (Wildman–Crippen MR) is 43.2 cm³/mol. The van der Waals surface area contributed by atoms with Gasteiger partial charge in [0.05, 0.1) is 5.60 Å². The average molecular weight is 176 g/mol. The van der Waals surface area contributed by atoms with E-state index in [1.807, 2.05) is 20.8 Å². The van der Waals surface area contributed by atoms with Gasteiger partial charge in [-0.1, -0.05) is 0 Å². The number of carbonyl (C=O) groups excluding carboxylic acids is 1. The van der Waals surface area contributed by atoms with E-state index in [0.717, 1.165) is 0 Å². The maximum Gasteiger partial charge on any atom is 0.305 e. The van der Waals surface area contributed by atoms with E-state index in [-0.39, 0.29) is 5.97 Å². The summed E-state index contributed by atoms with van der Waals surface area (Å²) in [6.07, 6.45) is -0.665. The first-order valence-corrected chi connectivity index (χ1v) is 3.83. The highest BCUT2D eigenvalue weighted by Crippen LogP contribution is 2.09. The lowest BCUT2D eigenvalue weighted by molar-refractivity contribution is -0.404. The quantitative estimate of drug-likeness (QED) is 0.284. The molecule has 0 fully saturated rings. The fraction of sp³-hybridized carbons (Fsp3) is 0.875. The third-order valence-electron chi connectivity index (χ3n) is 0.766. The maximum absolute atomic E-state index is 10.4. The summed E-state index contributed by atoms with van der Waals surface area (Å²) in [5.74, 6) is -0.389. The minimum absolute atomic E-state index is 0.389. The fourth-order valence-electron chi connectivity index (χ4n) is 0.465. The minimum Gasteiger partial charge on any atom is -0.433 e. The number of hydrogen-bond donors (Lipinski definition) is 0. The van der Waals surface area contributed by atoms with E-state index in [2.05, 4.69) is 4.74 Å². The third-order valence-corrected chi connectivity index (χ3v) is 0.766. The molecule has 0 aromatic carbocycles. The Morgan fingerprint density at radius 3 is 2.17 bits per heavy atom. The smallest absolute Gasteiger partial charge is 0.305 e. The first-order chi connectivity index (χ1) is 5.31. The number of carbonyl (C=O) groups is 1. The van der Waals surface area contributed by atoms with Crippen molar-refractivity contribution in [3.63, 3.8) is 0 Å². The van der Waals surface area contributed by atoms with E-state index >= 15 is 0 Å². The number of rotatable bonds is 3. The molecule has 0 saturated heterocycles. The average Bonchev–Trinajstić information content (AvgIpc) is 1.80.